The van der Waals surface area contributed by atoms with Crippen LogP contribution in [-0.4, -0.2) is 43.0 Å². The van der Waals surface area contributed by atoms with Gasteiger partial charge in [-0.15, -0.1) is 11.3 Å². The minimum absolute atomic E-state index is 0.0826. The van der Waals surface area contributed by atoms with E-state index in [4.69, 9.17) is 10.00 Å². The van der Waals surface area contributed by atoms with Crippen molar-refractivity contribution in [1.29, 1.82) is 5.26 Å². The molecule has 7 heteroatoms. The first kappa shape index (κ1) is 24.0. The summed E-state index contributed by atoms with van der Waals surface area (Å²) in [4.78, 5) is 28.0. The van der Waals surface area contributed by atoms with Gasteiger partial charge in [-0.2, -0.15) is 5.26 Å². The van der Waals surface area contributed by atoms with E-state index in [1.54, 1.807) is 6.92 Å². The Hall–Kier alpha value is -2.69. The molecule has 0 radical (unpaired) electrons. The first-order chi connectivity index (χ1) is 15.4. The SMILES string of the molecule is CCOC(=O)c1c(-c2ccc(C(C)C)cc2)csc1NC(=O)C1CCCN(CCC#N)C1. The lowest BCUT2D eigenvalue weighted by Gasteiger charge is -2.31. The van der Waals surface area contributed by atoms with Crippen LogP contribution >= 0.6 is 11.3 Å². The van der Waals surface area contributed by atoms with E-state index in [9.17, 15) is 9.59 Å². The number of benzene rings is 1. The second-order valence-corrected chi connectivity index (χ2v) is 9.27. The predicted octanol–water partition coefficient (Wildman–Crippen LogP) is 5.28. The molecule has 1 N–H and O–H groups in total. The van der Waals surface area contributed by atoms with Crippen molar-refractivity contribution < 1.29 is 14.3 Å². The molecule has 1 aliphatic rings. The summed E-state index contributed by atoms with van der Waals surface area (Å²) in [5.74, 6) is -0.241. The third kappa shape index (κ3) is 5.76. The summed E-state index contributed by atoms with van der Waals surface area (Å²) in [5, 5.41) is 14.3. The zero-order valence-corrected chi connectivity index (χ0v) is 19.8. The largest absolute Gasteiger partial charge is 0.462 e. The van der Waals surface area contributed by atoms with Crippen molar-refractivity contribution in [2.75, 3.05) is 31.6 Å². The van der Waals surface area contributed by atoms with Gasteiger partial charge in [-0.1, -0.05) is 38.1 Å². The molecule has 0 spiro atoms. The van der Waals surface area contributed by atoms with Gasteiger partial charge in [-0.05, 0) is 43.4 Å². The maximum atomic E-state index is 13.0. The standard InChI is InChI=1S/C25H31N3O3S/c1-4-31-25(30)22-21(19-10-8-18(9-11-19)17(2)3)16-32-24(22)27-23(29)20-7-5-13-28(15-20)14-6-12-26/h8-11,16-17,20H,4-7,13-15H2,1-3H3,(H,27,29). The van der Waals surface area contributed by atoms with E-state index in [-0.39, 0.29) is 18.4 Å². The number of nitrogens with zero attached hydrogens (tertiary/aromatic N) is 2. The highest BCUT2D eigenvalue weighted by Crippen LogP contribution is 2.37. The summed E-state index contributed by atoms with van der Waals surface area (Å²) in [6.07, 6.45) is 2.19. The lowest BCUT2D eigenvalue weighted by molar-refractivity contribution is -0.121. The van der Waals surface area contributed by atoms with Crippen LogP contribution in [0.4, 0.5) is 5.00 Å². The summed E-state index contributed by atoms with van der Waals surface area (Å²) in [6, 6.07) is 10.3. The van der Waals surface area contributed by atoms with Gasteiger partial charge in [0.25, 0.3) is 0 Å². The van der Waals surface area contributed by atoms with Gasteiger partial charge in [0, 0.05) is 30.5 Å². The van der Waals surface area contributed by atoms with E-state index in [0.717, 1.165) is 30.5 Å². The fourth-order valence-corrected chi connectivity index (χ4v) is 4.97. The zero-order chi connectivity index (χ0) is 23.1. The molecule has 1 aromatic heterocycles. The van der Waals surface area contributed by atoms with Crippen molar-refractivity contribution in [2.45, 2.75) is 46.0 Å². The summed E-state index contributed by atoms with van der Waals surface area (Å²) in [7, 11) is 0. The molecular weight excluding hydrogens is 422 g/mol. The minimum atomic E-state index is -0.425. The molecule has 1 aliphatic heterocycles. The van der Waals surface area contributed by atoms with Gasteiger partial charge in [-0.25, -0.2) is 4.79 Å². The molecule has 1 fully saturated rings. The van der Waals surface area contributed by atoms with Gasteiger partial charge in [0.2, 0.25) is 5.91 Å². The molecule has 170 valence electrons. The molecule has 1 amide bonds. The zero-order valence-electron chi connectivity index (χ0n) is 19.0. The van der Waals surface area contributed by atoms with Gasteiger partial charge >= 0.3 is 5.97 Å². The van der Waals surface area contributed by atoms with Gasteiger partial charge in [0.15, 0.2) is 0 Å². The topological polar surface area (TPSA) is 82.4 Å². The number of anilines is 1. The normalized spacial score (nSPS) is 16.5. The molecule has 0 bridgehead atoms. The number of rotatable bonds is 8. The molecule has 2 aromatic rings. The molecule has 0 saturated carbocycles. The van der Waals surface area contributed by atoms with Crippen molar-refractivity contribution in [3.05, 3.63) is 40.8 Å². The summed E-state index contributed by atoms with van der Waals surface area (Å²) in [6.45, 7) is 8.56. The highest BCUT2D eigenvalue weighted by Gasteiger charge is 2.28. The van der Waals surface area contributed by atoms with Crippen molar-refractivity contribution in [2.24, 2.45) is 5.92 Å². The quantitative estimate of drug-likeness (QED) is 0.550. The second kappa shape index (κ2) is 11.3. The Kier molecular flexibility index (Phi) is 8.43. The Morgan fingerprint density at radius 3 is 2.72 bits per heavy atom. The number of amides is 1. The molecule has 3 rings (SSSR count). The monoisotopic (exact) mass is 453 g/mol. The molecule has 1 saturated heterocycles. The van der Waals surface area contributed by atoms with Gasteiger partial charge in [0.05, 0.1) is 18.6 Å². The third-order valence-electron chi connectivity index (χ3n) is 5.81. The smallest absolute Gasteiger partial charge is 0.341 e. The average Bonchev–Trinajstić information content (AvgIpc) is 3.21. The molecular formula is C25H31N3O3S. The van der Waals surface area contributed by atoms with Gasteiger partial charge in [0.1, 0.15) is 10.6 Å². The first-order valence-corrected chi connectivity index (χ1v) is 12.1. The van der Waals surface area contributed by atoms with Crippen molar-refractivity contribution in [3.8, 4) is 17.2 Å². The third-order valence-corrected chi connectivity index (χ3v) is 6.71. The summed E-state index contributed by atoms with van der Waals surface area (Å²) in [5.41, 5.74) is 3.35. The molecule has 1 atom stereocenters. The predicted molar refractivity (Wildman–Crippen MR) is 128 cm³/mol. The van der Waals surface area contributed by atoms with Gasteiger partial charge in [-0.3, -0.25) is 4.79 Å². The van der Waals surface area contributed by atoms with E-state index in [1.807, 2.05) is 17.5 Å². The molecule has 0 aliphatic carbocycles. The summed E-state index contributed by atoms with van der Waals surface area (Å²) < 4.78 is 5.32. The Morgan fingerprint density at radius 1 is 1.31 bits per heavy atom. The number of piperidine rings is 1. The van der Waals surface area contributed by atoms with Crippen molar-refractivity contribution in [3.63, 3.8) is 0 Å². The Balaban J connectivity index is 1.82. The highest BCUT2D eigenvalue weighted by molar-refractivity contribution is 7.15. The van der Waals surface area contributed by atoms with Crippen LogP contribution in [0.1, 0.15) is 61.9 Å². The number of nitriles is 1. The number of carbonyl (C=O) groups is 2. The number of hydrogen-bond acceptors (Lipinski definition) is 6. The van der Waals surface area contributed by atoms with Crippen LogP contribution in [0.5, 0.6) is 0 Å². The van der Waals surface area contributed by atoms with E-state index < -0.39 is 5.97 Å². The highest BCUT2D eigenvalue weighted by atomic mass is 32.1. The van der Waals surface area contributed by atoms with Gasteiger partial charge < -0.3 is 15.0 Å². The Morgan fingerprint density at radius 2 is 2.06 bits per heavy atom. The number of carbonyl (C=O) groups excluding carboxylic acids is 2. The molecule has 1 unspecified atom stereocenters. The van der Waals surface area contributed by atoms with E-state index in [0.29, 0.717) is 36.0 Å². The first-order valence-electron chi connectivity index (χ1n) is 11.2. The van der Waals surface area contributed by atoms with Crippen LogP contribution in [0.25, 0.3) is 11.1 Å². The molecule has 32 heavy (non-hydrogen) atoms. The van der Waals surface area contributed by atoms with E-state index >= 15 is 0 Å². The average molecular weight is 454 g/mol. The number of hydrogen-bond donors (Lipinski definition) is 1. The van der Waals surface area contributed by atoms with Crippen LogP contribution in [0.3, 0.4) is 0 Å². The Bertz CT molecular complexity index is 975. The molecule has 1 aromatic carbocycles. The molecule has 6 nitrogen and oxygen atoms in total. The molecule has 2 heterocycles. The fraction of sp³-hybridized carbons (Fsp3) is 0.480. The number of thiophene rings is 1. The number of nitrogens with one attached hydrogen (secondary N) is 1. The number of esters is 1. The van der Waals surface area contributed by atoms with E-state index in [1.165, 1.54) is 16.9 Å². The lowest BCUT2D eigenvalue weighted by Crippen LogP contribution is -2.41. The number of likely N-dealkylation sites (tertiary alicyclic amines) is 1. The van der Waals surface area contributed by atoms with E-state index in [2.05, 4.69) is 42.3 Å². The second-order valence-electron chi connectivity index (χ2n) is 8.39. The van der Waals surface area contributed by atoms with Crippen molar-refractivity contribution in [1.82, 2.24) is 4.90 Å². The maximum Gasteiger partial charge on any atom is 0.341 e. The fourth-order valence-electron chi connectivity index (χ4n) is 4.01. The van der Waals surface area contributed by atoms with Crippen LogP contribution in [-0.2, 0) is 9.53 Å². The Labute approximate surface area is 194 Å². The lowest BCUT2D eigenvalue weighted by atomic mass is 9.96. The minimum Gasteiger partial charge on any atom is -0.462 e. The van der Waals surface area contributed by atoms with Crippen LogP contribution in [0.15, 0.2) is 29.6 Å². The maximum absolute atomic E-state index is 13.0. The van der Waals surface area contributed by atoms with Crippen LogP contribution in [0.2, 0.25) is 0 Å². The van der Waals surface area contributed by atoms with Crippen LogP contribution in [0, 0.1) is 17.2 Å². The summed E-state index contributed by atoms with van der Waals surface area (Å²) >= 11 is 1.35. The van der Waals surface area contributed by atoms with Crippen LogP contribution < -0.4 is 5.32 Å². The number of ether oxygens (including phenoxy) is 1. The van der Waals surface area contributed by atoms with Crippen molar-refractivity contribution >= 4 is 28.2 Å².